The second-order valence-corrected chi connectivity index (χ2v) is 5.63. The molecule has 1 aromatic heterocycles. The van der Waals surface area contributed by atoms with Crippen LogP contribution < -0.4 is 15.7 Å². The average Bonchev–Trinajstić information content (AvgIpc) is 2.60. The fourth-order valence-corrected chi connectivity index (χ4v) is 2.54. The Bertz CT molecular complexity index is 1000. The maximum Gasteiger partial charge on any atom is 0.387 e. The van der Waals surface area contributed by atoms with Crippen molar-refractivity contribution in [2.24, 2.45) is 0 Å². The predicted molar refractivity (Wildman–Crippen MR) is 91.4 cm³/mol. The third-order valence-corrected chi connectivity index (χ3v) is 3.82. The van der Waals surface area contributed by atoms with Crippen molar-refractivity contribution in [2.75, 3.05) is 0 Å². The van der Waals surface area contributed by atoms with Gasteiger partial charge >= 0.3 is 12.2 Å². The molecule has 0 aliphatic rings. The number of nitrogens with one attached hydrogen (secondary N) is 1. The van der Waals surface area contributed by atoms with Gasteiger partial charge in [-0.05, 0) is 36.8 Å². The Kier molecular flexibility index (Phi) is 4.97. The largest absolute Gasteiger partial charge is 0.435 e. The molecule has 134 valence electrons. The molecule has 26 heavy (non-hydrogen) atoms. The van der Waals surface area contributed by atoms with Gasteiger partial charge in [0.25, 0.3) is 5.91 Å². The van der Waals surface area contributed by atoms with Crippen molar-refractivity contribution in [3.63, 3.8) is 0 Å². The Morgan fingerprint density at radius 3 is 2.65 bits per heavy atom. The van der Waals surface area contributed by atoms with Crippen molar-refractivity contribution < 1.29 is 22.7 Å². The number of rotatable bonds is 5. The van der Waals surface area contributed by atoms with Crippen LogP contribution in [-0.2, 0) is 0 Å². The number of para-hydroxylation sites is 1. The van der Waals surface area contributed by atoms with Crippen molar-refractivity contribution in [3.8, 4) is 5.75 Å². The van der Waals surface area contributed by atoms with Crippen molar-refractivity contribution in [3.05, 3.63) is 76.1 Å². The highest BCUT2D eigenvalue weighted by atomic mass is 19.3. The Morgan fingerprint density at radius 2 is 1.88 bits per heavy atom. The first-order chi connectivity index (χ1) is 12.4. The van der Waals surface area contributed by atoms with Crippen LogP contribution in [0.1, 0.15) is 28.9 Å². The fraction of sp³-hybridized carbons (Fsp3) is 0.158. The molecule has 5 nitrogen and oxygen atoms in total. The normalized spacial score (nSPS) is 12.2. The van der Waals surface area contributed by atoms with Gasteiger partial charge in [-0.1, -0.05) is 30.3 Å². The molecule has 0 spiro atoms. The highest BCUT2D eigenvalue weighted by Crippen LogP contribution is 2.21. The van der Waals surface area contributed by atoms with Crippen molar-refractivity contribution >= 4 is 16.9 Å². The van der Waals surface area contributed by atoms with Gasteiger partial charge in [0.05, 0.1) is 6.04 Å². The van der Waals surface area contributed by atoms with E-state index in [2.05, 4.69) is 10.1 Å². The van der Waals surface area contributed by atoms with Crippen LogP contribution in [0.4, 0.5) is 8.78 Å². The van der Waals surface area contributed by atoms with E-state index in [4.69, 9.17) is 4.42 Å². The number of hydrogen-bond donors (Lipinski definition) is 1. The highest BCUT2D eigenvalue weighted by Gasteiger charge is 2.17. The molecule has 3 rings (SSSR count). The smallest absolute Gasteiger partial charge is 0.387 e. The summed E-state index contributed by atoms with van der Waals surface area (Å²) in [5.41, 5.74) is 0.0688. The van der Waals surface area contributed by atoms with Crippen LogP contribution in [0.15, 0.2) is 63.8 Å². The molecule has 3 aromatic rings. The van der Waals surface area contributed by atoms with Gasteiger partial charge in [-0.15, -0.1) is 0 Å². The minimum absolute atomic E-state index is 0.0104. The summed E-state index contributed by atoms with van der Waals surface area (Å²) in [5.74, 6) is -0.624. The lowest BCUT2D eigenvalue weighted by molar-refractivity contribution is -0.0499. The first-order valence-electron chi connectivity index (χ1n) is 7.82. The topological polar surface area (TPSA) is 68.5 Å². The third kappa shape index (κ3) is 3.88. The number of fused-ring (bicyclic) bond motifs is 1. The maximum absolute atomic E-state index is 12.4. The van der Waals surface area contributed by atoms with Gasteiger partial charge in [0.1, 0.15) is 16.9 Å². The Labute approximate surface area is 147 Å². The summed E-state index contributed by atoms with van der Waals surface area (Å²) in [6, 6.07) is 13.8. The summed E-state index contributed by atoms with van der Waals surface area (Å²) < 4.78 is 34.1. The van der Waals surface area contributed by atoms with E-state index in [0.717, 1.165) is 0 Å². The third-order valence-electron chi connectivity index (χ3n) is 3.82. The zero-order valence-electron chi connectivity index (χ0n) is 13.7. The van der Waals surface area contributed by atoms with Crippen molar-refractivity contribution in [1.82, 2.24) is 5.32 Å². The summed E-state index contributed by atoms with van der Waals surface area (Å²) in [7, 11) is 0. The molecule has 0 saturated carbocycles. The predicted octanol–water partition coefficient (Wildman–Crippen LogP) is 3.89. The van der Waals surface area contributed by atoms with E-state index in [1.165, 1.54) is 18.2 Å². The zero-order chi connectivity index (χ0) is 18.7. The second-order valence-electron chi connectivity index (χ2n) is 5.63. The van der Waals surface area contributed by atoms with Gasteiger partial charge < -0.3 is 14.5 Å². The van der Waals surface area contributed by atoms with Crippen LogP contribution in [0.5, 0.6) is 5.75 Å². The molecule has 1 unspecified atom stereocenters. The van der Waals surface area contributed by atoms with Crippen LogP contribution >= 0.6 is 0 Å². The standard InChI is InChI=1S/C19H15F2NO4/c1-11(12-6-4-7-14(9-12)25-19(20)21)22-17(23)15-10-13-5-2-3-8-16(13)26-18(15)24/h2-11,19H,1H3,(H,22,23). The number of benzene rings is 2. The number of amides is 1. The number of halogens is 2. The van der Waals surface area contributed by atoms with E-state index in [1.54, 1.807) is 43.3 Å². The van der Waals surface area contributed by atoms with Gasteiger partial charge in [-0.25, -0.2) is 4.79 Å². The lowest BCUT2D eigenvalue weighted by atomic mass is 10.1. The summed E-state index contributed by atoms with van der Waals surface area (Å²) in [6.45, 7) is -1.26. The Hall–Kier alpha value is -3.22. The van der Waals surface area contributed by atoms with E-state index in [0.29, 0.717) is 16.5 Å². The minimum Gasteiger partial charge on any atom is -0.435 e. The molecule has 1 atom stereocenters. The second kappa shape index (κ2) is 7.35. The van der Waals surface area contributed by atoms with Gasteiger partial charge in [0.2, 0.25) is 0 Å². The van der Waals surface area contributed by atoms with Crippen LogP contribution in [-0.4, -0.2) is 12.5 Å². The first kappa shape index (κ1) is 17.6. The van der Waals surface area contributed by atoms with Crippen LogP contribution in [0.2, 0.25) is 0 Å². The number of alkyl halides is 2. The highest BCUT2D eigenvalue weighted by molar-refractivity contribution is 5.96. The lowest BCUT2D eigenvalue weighted by Crippen LogP contribution is -2.30. The Morgan fingerprint density at radius 1 is 1.12 bits per heavy atom. The molecule has 0 aliphatic carbocycles. The fourth-order valence-electron chi connectivity index (χ4n) is 2.54. The molecule has 7 heteroatoms. The quantitative estimate of drug-likeness (QED) is 0.702. The maximum atomic E-state index is 12.4. The molecule has 0 saturated heterocycles. The number of hydrogen-bond acceptors (Lipinski definition) is 4. The average molecular weight is 359 g/mol. The van der Waals surface area contributed by atoms with E-state index in [1.807, 2.05) is 0 Å². The van der Waals surface area contributed by atoms with E-state index in [-0.39, 0.29) is 11.3 Å². The molecule has 1 heterocycles. The first-order valence-corrected chi connectivity index (χ1v) is 7.82. The van der Waals surface area contributed by atoms with Gasteiger partial charge in [-0.2, -0.15) is 8.78 Å². The van der Waals surface area contributed by atoms with Crippen LogP contribution in [0, 0.1) is 0 Å². The number of carbonyl (C=O) groups excluding carboxylic acids is 1. The van der Waals surface area contributed by atoms with Crippen LogP contribution in [0.3, 0.4) is 0 Å². The molecule has 0 radical (unpaired) electrons. The summed E-state index contributed by atoms with van der Waals surface area (Å²) in [4.78, 5) is 24.5. The van der Waals surface area contributed by atoms with Crippen molar-refractivity contribution in [2.45, 2.75) is 19.6 Å². The summed E-state index contributed by atoms with van der Waals surface area (Å²) in [5, 5.41) is 3.28. The molecule has 0 bridgehead atoms. The van der Waals surface area contributed by atoms with E-state index < -0.39 is 24.2 Å². The molecule has 2 aromatic carbocycles. The van der Waals surface area contributed by atoms with Crippen LogP contribution in [0.25, 0.3) is 11.0 Å². The molecular weight excluding hydrogens is 344 g/mol. The molecule has 0 aliphatic heterocycles. The lowest BCUT2D eigenvalue weighted by Gasteiger charge is -2.15. The monoisotopic (exact) mass is 359 g/mol. The summed E-state index contributed by atoms with van der Waals surface area (Å²) >= 11 is 0. The number of ether oxygens (including phenoxy) is 1. The molecule has 0 fully saturated rings. The molecule has 1 amide bonds. The molecule has 1 N–H and O–H groups in total. The number of carbonyl (C=O) groups is 1. The Balaban J connectivity index is 1.81. The van der Waals surface area contributed by atoms with Gasteiger partial charge in [-0.3, -0.25) is 4.79 Å². The zero-order valence-corrected chi connectivity index (χ0v) is 13.7. The van der Waals surface area contributed by atoms with E-state index >= 15 is 0 Å². The summed E-state index contributed by atoms with van der Waals surface area (Å²) in [6.07, 6.45) is 0. The van der Waals surface area contributed by atoms with Crippen molar-refractivity contribution in [1.29, 1.82) is 0 Å². The van der Waals surface area contributed by atoms with Gasteiger partial charge in [0.15, 0.2) is 0 Å². The van der Waals surface area contributed by atoms with Gasteiger partial charge in [0, 0.05) is 5.39 Å². The molecular formula is C19H15F2NO4. The van der Waals surface area contributed by atoms with E-state index in [9.17, 15) is 18.4 Å². The minimum atomic E-state index is -2.93. The SMILES string of the molecule is CC(NC(=O)c1cc2ccccc2oc1=O)c1cccc(OC(F)F)c1.